The number of amides is 2. The van der Waals surface area contributed by atoms with E-state index in [1.165, 1.54) is 22.3 Å². The molecule has 0 saturated heterocycles. The lowest BCUT2D eigenvalue weighted by atomic mass is 9.96. The number of hydrogen-bond acceptors (Lipinski definition) is 4. The van der Waals surface area contributed by atoms with E-state index in [1.54, 1.807) is 0 Å². The number of fused-ring (bicyclic) bond motifs is 3. The highest BCUT2D eigenvalue weighted by molar-refractivity contribution is 5.79. The third-order valence-corrected chi connectivity index (χ3v) is 7.32. The highest BCUT2D eigenvalue weighted by atomic mass is 16.5. The summed E-state index contributed by atoms with van der Waals surface area (Å²) in [4.78, 5) is 35.8. The molecular formula is C28H34N2O5. The van der Waals surface area contributed by atoms with Gasteiger partial charge in [-0.25, -0.2) is 4.79 Å². The molecular weight excluding hydrogens is 444 g/mol. The zero-order valence-corrected chi connectivity index (χ0v) is 20.2. The minimum absolute atomic E-state index is 0.0157. The van der Waals surface area contributed by atoms with E-state index in [-0.39, 0.29) is 36.2 Å². The first-order valence-corrected chi connectivity index (χ1v) is 12.5. The zero-order chi connectivity index (χ0) is 24.8. The van der Waals surface area contributed by atoms with Gasteiger partial charge in [-0.2, -0.15) is 0 Å². The number of carboxylic acids is 1. The first kappa shape index (κ1) is 24.8. The maximum Gasteiger partial charge on any atom is 0.407 e. The summed E-state index contributed by atoms with van der Waals surface area (Å²) in [6, 6.07) is 16.4. The van der Waals surface area contributed by atoms with E-state index < -0.39 is 12.1 Å². The molecule has 0 aliphatic heterocycles. The number of carbonyl (C=O) groups is 3. The van der Waals surface area contributed by atoms with Gasteiger partial charge in [0.15, 0.2) is 0 Å². The molecule has 186 valence electrons. The van der Waals surface area contributed by atoms with Crippen LogP contribution in [-0.4, -0.2) is 42.8 Å². The molecule has 0 radical (unpaired) electrons. The monoisotopic (exact) mass is 478 g/mol. The standard InChI is InChI=1S/C28H34N2O5/c1-18(15-26(31)30-16-19-7-6-12-20(19)27(32)33)13-14-29-28(34)35-17-25-23-10-4-2-8-21(23)22-9-3-5-11-24(22)25/h2-5,8-11,18-20,25H,6-7,12-17H2,1H3,(H,29,34)(H,30,31)(H,32,33)/t18?,19-,20-/m0/s1. The fourth-order valence-corrected chi connectivity index (χ4v) is 5.41. The van der Waals surface area contributed by atoms with Crippen LogP contribution >= 0.6 is 0 Å². The molecule has 1 fully saturated rings. The molecule has 2 aliphatic rings. The summed E-state index contributed by atoms with van der Waals surface area (Å²) < 4.78 is 5.55. The maximum absolute atomic E-state index is 12.3. The highest BCUT2D eigenvalue weighted by Crippen LogP contribution is 2.44. The Morgan fingerprint density at radius 3 is 2.31 bits per heavy atom. The second-order valence-corrected chi connectivity index (χ2v) is 9.79. The van der Waals surface area contributed by atoms with Crippen molar-refractivity contribution in [2.75, 3.05) is 19.7 Å². The molecule has 1 unspecified atom stereocenters. The second kappa shape index (κ2) is 11.4. The van der Waals surface area contributed by atoms with Crippen LogP contribution in [0.1, 0.15) is 56.1 Å². The van der Waals surface area contributed by atoms with Crippen molar-refractivity contribution in [3.63, 3.8) is 0 Å². The normalized spacial score (nSPS) is 19.5. The molecule has 7 heteroatoms. The predicted octanol–water partition coefficient (Wildman–Crippen LogP) is 4.56. The van der Waals surface area contributed by atoms with E-state index in [2.05, 4.69) is 34.9 Å². The third kappa shape index (κ3) is 6.02. The summed E-state index contributed by atoms with van der Waals surface area (Å²) in [6.45, 7) is 3.08. The van der Waals surface area contributed by atoms with Crippen molar-refractivity contribution in [1.82, 2.24) is 10.6 Å². The smallest absolute Gasteiger partial charge is 0.407 e. The van der Waals surface area contributed by atoms with Crippen molar-refractivity contribution in [3.05, 3.63) is 59.7 Å². The molecule has 4 rings (SSSR count). The fraction of sp³-hybridized carbons (Fsp3) is 0.464. The Morgan fingerprint density at radius 1 is 1.00 bits per heavy atom. The van der Waals surface area contributed by atoms with Gasteiger partial charge in [-0.3, -0.25) is 9.59 Å². The van der Waals surface area contributed by atoms with E-state index in [1.807, 2.05) is 31.2 Å². The molecule has 0 bridgehead atoms. The van der Waals surface area contributed by atoms with Crippen LogP contribution in [0.4, 0.5) is 4.79 Å². The van der Waals surface area contributed by atoms with Crippen molar-refractivity contribution in [3.8, 4) is 11.1 Å². The van der Waals surface area contributed by atoms with Gasteiger partial charge in [0.25, 0.3) is 0 Å². The summed E-state index contributed by atoms with van der Waals surface area (Å²) >= 11 is 0. The van der Waals surface area contributed by atoms with Crippen LogP contribution in [0, 0.1) is 17.8 Å². The fourth-order valence-electron chi connectivity index (χ4n) is 5.41. The number of rotatable bonds is 10. The summed E-state index contributed by atoms with van der Waals surface area (Å²) in [5, 5.41) is 15.0. The van der Waals surface area contributed by atoms with Crippen molar-refractivity contribution >= 4 is 18.0 Å². The number of nitrogens with one attached hydrogen (secondary N) is 2. The first-order valence-electron chi connectivity index (χ1n) is 12.5. The number of aliphatic carboxylic acids is 1. The maximum atomic E-state index is 12.3. The minimum atomic E-state index is -0.769. The Labute approximate surface area is 206 Å². The summed E-state index contributed by atoms with van der Waals surface area (Å²) in [5.41, 5.74) is 4.73. The number of hydrogen-bond donors (Lipinski definition) is 3. The molecule has 3 atom stereocenters. The average molecular weight is 479 g/mol. The van der Waals surface area contributed by atoms with E-state index in [4.69, 9.17) is 4.74 Å². The largest absolute Gasteiger partial charge is 0.481 e. The lowest BCUT2D eigenvalue weighted by Gasteiger charge is -2.18. The van der Waals surface area contributed by atoms with Crippen molar-refractivity contribution in [2.45, 2.75) is 44.9 Å². The number of carboxylic acid groups (broad SMARTS) is 1. The Morgan fingerprint density at radius 2 is 1.66 bits per heavy atom. The Balaban J connectivity index is 1.16. The summed E-state index contributed by atoms with van der Waals surface area (Å²) in [5.74, 6) is -1.07. The van der Waals surface area contributed by atoms with Crippen LogP contribution < -0.4 is 10.6 Å². The topological polar surface area (TPSA) is 105 Å². The molecule has 3 N–H and O–H groups in total. The van der Waals surface area contributed by atoms with Gasteiger partial charge in [-0.1, -0.05) is 61.9 Å². The Kier molecular flexibility index (Phi) is 8.06. The van der Waals surface area contributed by atoms with Crippen molar-refractivity contribution in [1.29, 1.82) is 0 Å². The second-order valence-electron chi connectivity index (χ2n) is 9.79. The zero-order valence-electron chi connectivity index (χ0n) is 20.2. The summed E-state index contributed by atoms with van der Waals surface area (Å²) in [7, 11) is 0. The van der Waals surface area contributed by atoms with Crippen LogP contribution in [0.25, 0.3) is 11.1 Å². The van der Waals surface area contributed by atoms with Crippen LogP contribution in [0.2, 0.25) is 0 Å². The molecule has 0 aromatic heterocycles. The molecule has 2 amide bonds. The van der Waals surface area contributed by atoms with Gasteiger partial charge >= 0.3 is 12.1 Å². The van der Waals surface area contributed by atoms with Gasteiger partial charge < -0.3 is 20.5 Å². The number of carbonyl (C=O) groups excluding carboxylic acids is 2. The molecule has 2 aliphatic carbocycles. The molecule has 0 heterocycles. The van der Waals surface area contributed by atoms with Crippen LogP contribution in [0.15, 0.2) is 48.5 Å². The predicted molar refractivity (Wildman–Crippen MR) is 133 cm³/mol. The lowest BCUT2D eigenvalue weighted by molar-refractivity contribution is -0.143. The minimum Gasteiger partial charge on any atom is -0.481 e. The average Bonchev–Trinajstić information content (AvgIpc) is 3.44. The number of benzene rings is 2. The molecule has 2 aromatic rings. The highest BCUT2D eigenvalue weighted by Gasteiger charge is 2.33. The van der Waals surface area contributed by atoms with E-state index in [0.717, 1.165) is 12.8 Å². The van der Waals surface area contributed by atoms with E-state index in [0.29, 0.717) is 32.4 Å². The number of alkyl carbamates (subject to hydrolysis) is 1. The molecule has 35 heavy (non-hydrogen) atoms. The molecule has 2 aromatic carbocycles. The van der Waals surface area contributed by atoms with E-state index >= 15 is 0 Å². The Hall–Kier alpha value is -3.35. The molecule has 0 spiro atoms. The Bertz CT molecular complexity index is 1020. The van der Waals surface area contributed by atoms with Gasteiger partial charge in [0.05, 0.1) is 5.92 Å². The van der Waals surface area contributed by atoms with Gasteiger partial charge in [-0.05, 0) is 53.4 Å². The molecule has 7 nitrogen and oxygen atoms in total. The third-order valence-electron chi connectivity index (χ3n) is 7.32. The summed E-state index contributed by atoms with van der Waals surface area (Å²) in [6.07, 6.45) is 2.97. The lowest BCUT2D eigenvalue weighted by Crippen LogP contribution is -2.34. The van der Waals surface area contributed by atoms with Crippen molar-refractivity contribution in [2.24, 2.45) is 17.8 Å². The SMILES string of the molecule is CC(CCNC(=O)OCC1c2ccccc2-c2ccccc21)CC(=O)NC[C@@H]1CCC[C@@H]1C(=O)O. The number of ether oxygens (including phenoxy) is 1. The van der Waals surface area contributed by atoms with Gasteiger partial charge in [0.1, 0.15) is 6.61 Å². The van der Waals surface area contributed by atoms with Crippen molar-refractivity contribution < 1.29 is 24.2 Å². The van der Waals surface area contributed by atoms with E-state index in [9.17, 15) is 19.5 Å². The molecule has 1 saturated carbocycles. The quantitative estimate of drug-likeness (QED) is 0.464. The van der Waals surface area contributed by atoms with Crippen LogP contribution in [0.5, 0.6) is 0 Å². The van der Waals surface area contributed by atoms with Crippen LogP contribution in [-0.2, 0) is 14.3 Å². The van der Waals surface area contributed by atoms with Gasteiger partial charge in [0, 0.05) is 25.4 Å². The van der Waals surface area contributed by atoms with Crippen LogP contribution in [0.3, 0.4) is 0 Å². The van der Waals surface area contributed by atoms with Gasteiger partial charge in [0.2, 0.25) is 5.91 Å². The first-order chi connectivity index (χ1) is 16.9. The van der Waals surface area contributed by atoms with Gasteiger partial charge in [-0.15, -0.1) is 0 Å².